The Bertz CT molecular complexity index is 795. The van der Waals surface area contributed by atoms with E-state index in [1.54, 1.807) is 12.1 Å². The van der Waals surface area contributed by atoms with E-state index < -0.39 is 17.3 Å². The molecule has 0 bridgehead atoms. The smallest absolute Gasteiger partial charge is 0.319 e. The maximum atomic E-state index is 12.0. The van der Waals surface area contributed by atoms with Gasteiger partial charge in [0.25, 0.3) is 0 Å². The molecule has 0 aliphatic heterocycles. The summed E-state index contributed by atoms with van der Waals surface area (Å²) >= 11 is 0. The topological polar surface area (TPSA) is 88.5 Å². The third kappa shape index (κ3) is 3.08. The summed E-state index contributed by atoms with van der Waals surface area (Å²) < 4.78 is 5.67. The highest BCUT2D eigenvalue weighted by Crippen LogP contribution is 2.46. The van der Waals surface area contributed by atoms with Gasteiger partial charge in [0.15, 0.2) is 0 Å². The number of aliphatic carboxylic acids is 1. The van der Waals surface area contributed by atoms with E-state index in [1.165, 1.54) is 11.8 Å². The zero-order chi connectivity index (χ0) is 17.3. The van der Waals surface area contributed by atoms with E-state index in [1.807, 2.05) is 32.0 Å². The number of hydrogen-bond donors (Lipinski definition) is 2. The molecular formula is C18H18N2O4. The first-order chi connectivity index (χ1) is 11.4. The van der Waals surface area contributed by atoms with Crippen LogP contribution in [0.4, 0.5) is 5.69 Å². The largest absolute Gasteiger partial charge is 0.480 e. The van der Waals surface area contributed by atoms with Crippen molar-refractivity contribution in [3.8, 4) is 11.6 Å². The van der Waals surface area contributed by atoms with Crippen molar-refractivity contribution in [3.63, 3.8) is 0 Å². The lowest BCUT2D eigenvalue weighted by molar-refractivity contribution is -0.147. The Morgan fingerprint density at radius 2 is 1.92 bits per heavy atom. The number of carbonyl (C=O) groups excluding carboxylic acids is 1. The van der Waals surface area contributed by atoms with Gasteiger partial charge in [-0.05, 0) is 56.0 Å². The maximum Gasteiger partial charge on any atom is 0.319 e. The standard InChI is InChI=1S/C18H18N2O4/c1-11-3-5-14(9-12(11)2)24-15-6-4-13(10-19-15)20-16(21)18(7-8-18)17(22)23/h3-6,9-10H,7-8H2,1-2H3,(H,20,21)(H,22,23). The van der Waals surface area contributed by atoms with Crippen molar-refractivity contribution in [3.05, 3.63) is 47.7 Å². The van der Waals surface area contributed by atoms with Crippen molar-refractivity contribution in [1.29, 1.82) is 0 Å². The number of aryl methyl sites for hydroxylation is 2. The average molecular weight is 326 g/mol. The van der Waals surface area contributed by atoms with E-state index >= 15 is 0 Å². The minimum atomic E-state index is -1.27. The number of ether oxygens (including phenoxy) is 1. The SMILES string of the molecule is Cc1ccc(Oc2ccc(NC(=O)C3(C(=O)O)CC3)cn2)cc1C. The van der Waals surface area contributed by atoms with E-state index in [9.17, 15) is 9.59 Å². The highest BCUT2D eigenvalue weighted by Gasteiger charge is 2.57. The Kier molecular flexibility index (Phi) is 3.97. The van der Waals surface area contributed by atoms with Crippen LogP contribution in [0.5, 0.6) is 11.6 Å². The lowest BCUT2D eigenvalue weighted by atomic mass is 10.1. The van der Waals surface area contributed by atoms with Crippen LogP contribution in [0.2, 0.25) is 0 Å². The first kappa shape index (κ1) is 16.0. The fourth-order valence-corrected chi connectivity index (χ4v) is 2.33. The second kappa shape index (κ2) is 5.96. The summed E-state index contributed by atoms with van der Waals surface area (Å²) in [6.45, 7) is 4.03. The molecule has 2 aromatic rings. The Hall–Kier alpha value is -2.89. The molecule has 0 unspecified atom stereocenters. The third-order valence-electron chi connectivity index (χ3n) is 4.29. The minimum Gasteiger partial charge on any atom is -0.480 e. The summed E-state index contributed by atoms with van der Waals surface area (Å²) in [5, 5.41) is 11.7. The molecule has 1 aliphatic carbocycles. The molecule has 1 heterocycles. The molecule has 2 N–H and O–H groups in total. The fraction of sp³-hybridized carbons (Fsp3) is 0.278. The van der Waals surface area contributed by atoms with Crippen LogP contribution in [0.15, 0.2) is 36.5 Å². The van der Waals surface area contributed by atoms with Crippen LogP contribution in [-0.4, -0.2) is 22.0 Å². The quantitative estimate of drug-likeness (QED) is 0.823. The minimum absolute atomic E-state index is 0.371. The van der Waals surface area contributed by atoms with Crippen molar-refractivity contribution in [2.45, 2.75) is 26.7 Å². The van der Waals surface area contributed by atoms with Gasteiger partial charge < -0.3 is 15.2 Å². The van der Waals surface area contributed by atoms with Gasteiger partial charge in [-0.15, -0.1) is 0 Å². The van der Waals surface area contributed by atoms with E-state index in [2.05, 4.69) is 10.3 Å². The number of carboxylic acid groups (broad SMARTS) is 1. The van der Waals surface area contributed by atoms with Crippen LogP contribution in [-0.2, 0) is 9.59 Å². The number of anilines is 1. The summed E-state index contributed by atoms with van der Waals surface area (Å²) in [6.07, 6.45) is 2.19. The molecule has 1 aromatic heterocycles. The van der Waals surface area contributed by atoms with Crippen LogP contribution < -0.4 is 10.1 Å². The molecule has 6 nitrogen and oxygen atoms in total. The number of carbonyl (C=O) groups is 2. The van der Waals surface area contributed by atoms with Gasteiger partial charge in [0.05, 0.1) is 11.9 Å². The monoisotopic (exact) mass is 326 g/mol. The Labute approximate surface area is 139 Å². The van der Waals surface area contributed by atoms with Gasteiger partial charge in [0.2, 0.25) is 11.8 Å². The molecule has 6 heteroatoms. The number of pyridine rings is 1. The van der Waals surface area contributed by atoms with E-state index in [0.717, 1.165) is 5.56 Å². The summed E-state index contributed by atoms with van der Waals surface area (Å²) in [4.78, 5) is 27.3. The fourth-order valence-electron chi connectivity index (χ4n) is 2.33. The average Bonchev–Trinajstić information content (AvgIpc) is 3.35. The lowest BCUT2D eigenvalue weighted by Crippen LogP contribution is -2.31. The summed E-state index contributed by atoms with van der Waals surface area (Å²) in [6, 6.07) is 9.03. The Balaban J connectivity index is 1.66. The molecule has 24 heavy (non-hydrogen) atoms. The molecule has 0 atom stereocenters. The first-order valence-electron chi connectivity index (χ1n) is 7.67. The van der Waals surface area contributed by atoms with Crippen LogP contribution >= 0.6 is 0 Å². The van der Waals surface area contributed by atoms with Gasteiger partial charge in [0.1, 0.15) is 11.2 Å². The zero-order valence-corrected chi connectivity index (χ0v) is 13.5. The molecule has 1 aromatic carbocycles. The third-order valence-corrected chi connectivity index (χ3v) is 4.29. The second-order valence-electron chi connectivity index (χ2n) is 6.07. The number of carboxylic acids is 1. The van der Waals surface area contributed by atoms with Gasteiger partial charge in [-0.2, -0.15) is 0 Å². The van der Waals surface area contributed by atoms with Crippen LogP contribution in [0, 0.1) is 19.3 Å². The molecule has 1 fully saturated rings. The lowest BCUT2D eigenvalue weighted by Gasteiger charge is -2.11. The number of hydrogen-bond acceptors (Lipinski definition) is 4. The van der Waals surface area contributed by atoms with Gasteiger partial charge >= 0.3 is 5.97 Å². The number of benzene rings is 1. The number of aromatic nitrogens is 1. The summed E-state index contributed by atoms with van der Waals surface area (Å²) in [7, 11) is 0. The van der Waals surface area contributed by atoms with Gasteiger partial charge in [0, 0.05) is 6.07 Å². The van der Waals surface area contributed by atoms with Crippen LogP contribution in [0.25, 0.3) is 0 Å². The predicted molar refractivity (Wildman–Crippen MR) is 88.2 cm³/mol. The molecule has 3 rings (SSSR count). The van der Waals surface area contributed by atoms with E-state index in [4.69, 9.17) is 9.84 Å². The Morgan fingerprint density at radius 3 is 2.46 bits per heavy atom. The number of rotatable bonds is 5. The molecule has 124 valence electrons. The molecule has 1 saturated carbocycles. The highest BCUT2D eigenvalue weighted by molar-refractivity contribution is 6.10. The summed E-state index contributed by atoms with van der Waals surface area (Å²) in [5.74, 6) is -0.497. The first-order valence-corrected chi connectivity index (χ1v) is 7.67. The van der Waals surface area contributed by atoms with Gasteiger partial charge in [-0.3, -0.25) is 9.59 Å². The molecule has 0 spiro atoms. The van der Waals surface area contributed by atoms with Crippen LogP contribution in [0.1, 0.15) is 24.0 Å². The van der Waals surface area contributed by atoms with Gasteiger partial charge in [-0.1, -0.05) is 6.07 Å². The van der Waals surface area contributed by atoms with Crippen LogP contribution in [0.3, 0.4) is 0 Å². The zero-order valence-electron chi connectivity index (χ0n) is 13.5. The maximum absolute atomic E-state index is 12.0. The summed E-state index contributed by atoms with van der Waals surface area (Å²) in [5.41, 5.74) is 1.48. The van der Waals surface area contributed by atoms with Gasteiger partial charge in [-0.25, -0.2) is 4.98 Å². The Morgan fingerprint density at radius 1 is 1.17 bits per heavy atom. The number of nitrogens with zero attached hydrogens (tertiary/aromatic N) is 1. The van der Waals surface area contributed by atoms with Crippen molar-refractivity contribution in [2.24, 2.45) is 5.41 Å². The second-order valence-corrected chi connectivity index (χ2v) is 6.07. The molecule has 0 saturated heterocycles. The molecule has 0 radical (unpaired) electrons. The highest BCUT2D eigenvalue weighted by atomic mass is 16.5. The molecule has 1 aliphatic rings. The molecule has 1 amide bonds. The van der Waals surface area contributed by atoms with Crippen molar-refractivity contribution >= 4 is 17.6 Å². The van der Waals surface area contributed by atoms with Crippen molar-refractivity contribution in [1.82, 2.24) is 4.98 Å². The van der Waals surface area contributed by atoms with E-state index in [0.29, 0.717) is 30.2 Å². The normalized spacial score (nSPS) is 14.8. The number of amides is 1. The predicted octanol–water partition coefficient (Wildman–Crippen LogP) is 3.29. The van der Waals surface area contributed by atoms with E-state index in [-0.39, 0.29) is 0 Å². The van der Waals surface area contributed by atoms with Crippen molar-refractivity contribution < 1.29 is 19.4 Å². The van der Waals surface area contributed by atoms with Crippen molar-refractivity contribution in [2.75, 3.05) is 5.32 Å². The molecular weight excluding hydrogens is 308 g/mol. The number of nitrogens with one attached hydrogen (secondary N) is 1.